The average Bonchev–Trinajstić information content (AvgIpc) is 2.24. The van der Waals surface area contributed by atoms with Crippen LogP contribution in [0.4, 0.5) is 13.2 Å². The summed E-state index contributed by atoms with van der Waals surface area (Å²) in [5, 5.41) is 0. The Labute approximate surface area is 110 Å². The molecule has 5 heteroatoms. The smallest absolute Gasteiger partial charge is 0.446 e. The van der Waals surface area contributed by atoms with Gasteiger partial charge < -0.3 is 4.74 Å². The summed E-state index contributed by atoms with van der Waals surface area (Å²) in [5.41, 5.74) is -4.24. The van der Waals surface area contributed by atoms with Gasteiger partial charge in [-0.05, 0) is 54.8 Å². The molecule has 0 aliphatic rings. The van der Waals surface area contributed by atoms with Crippen LogP contribution in [0.2, 0.25) is 0 Å². The van der Waals surface area contributed by atoms with Gasteiger partial charge in [-0.1, -0.05) is 13.8 Å². The Kier molecular flexibility index (Phi) is 5.85. The molecule has 18 heavy (non-hydrogen) atoms. The summed E-state index contributed by atoms with van der Waals surface area (Å²) in [6, 6.07) is 6.00. The summed E-state index contributed by atoms with van der Waals surface area (Å²) in [7, 11) is 0. The molecule has 0 bridgehead atoms. The lowest BCUT2D eigenvalue weighted by Gasteiger charge is -2.09. The fraction of sp³-hybridized carbons (Fsp3) is 0.538. The lowest BCUT2D eigenvalue weighted by Crippen LogP contribution is -2.00. The molecule has 0 saturated carbocycles. The third-order valence-corrected chi connectivity index (χ3v) is 2.99. The maximum atomic E-state index is 12.1. The van der Waals surface area contributed by atoms with E-state index in [0.717, 1.165) is 12.8 Å². The van der Waals surface area contributed by atoms with Gasteiger partial charge in [0.05, 0.1) is 6.61 Å². The zero-order valence-electron chi connectivity index (χ0n) is 10.5. The minimum atomic E-state index is -4.24. The zero-order chi connectivity index (χ0) is 13.6. The SMILES string of the molecule is CC(C)CCCOc1ccc(SC(F)(F)F)cc1. The van der Waals surface area contributed by atoms with E-state index in [4.69, 9.17) is 4.74 Å². The molecule has 1 rings (SSSR count). The van der Waals surface area contributed by atoms with E-state index in [1.807, 2.05) is 0 Å². The second kappa shape index (κ2) is 6.92. The lowest BCUT2D eigenvalue weighted by molar-refractivity contribution is -0.0328. The molecule has 0 fully saturated rings. The van der Waals surface area contributed by atoms with Crippen molar-refractivity contribution in [2.24, 2.45) is 5.92 Å². The molecule has 0 spiro atoms. The summed E-state index contributed by atoms with van der Waals surface area (Å²) in [5.74, 6) is 1.25. The van der Waals surface area contributed by atoms with Gasteiger partial charge in [0.1, 0.15) is 5.75 Å². The third kappa shape index (κ3) is 6.79. The number of hydrogen-bond donors (Lipinski definition) is 0. The van der Waals surface area contributed by atoms with Crippen LogP contribution in [0.15, 0.2) is 29.2 Å². The van der Waals surface area contributed by atoms with Gasteiger partial charge in [0.25, 0.3) is 0 Å². The molecule has 0 aliphatic heterocycles. The van der Waals surface area contributed by atoms with Gasteiger partial charge in [0.2, 0.25) is 0 Å². The zero-order valence-corrected chi connectivity index (χ0v) is 11.3. The fourth-order valence-corrected chi connectivity index (χ4v) is 1.96. The molecular weight excluding hydrogens is 261 g/mol. The fourth-order valence-electron chi connectivity index (χ4n) is 1.42. The monoisotopic (exact) mass is 278 g/mol. The van der Waals surface area contributed by atoms with E-state index in [0.29, 0.717) is 18.3 Å². The first-order chi connectivity index (χ1) is 8.37. The van der Waals surface area contributed by atoms with Crippen molar-refractivity contribution < 1.29 is 17.9 Å². The van der Waals surface area contributed by atoms with Crippen molar-refractivity contribution >= 4 is 11.8 Å². The van der Waals surface area contributed by atoms with Gasteiger partial charge in [-0.2, -0.15) is 13.2 Å². The van der Waals surface area contributed by atoms with Crippen LogP contribution >= 0.6 is 11.8 Å². The summed E-state index contributed by atoms with van der Waals surface area (Å²) in [6.07, 6.45) is 2.04. The van der Waals surface area contributed by atoms with Gasteiger partial charge in [-0.15, -0.1) is 0 Å². The van der Waals surface area contributed by atoms with Crippen molar-refractivity contribution in [3.05, 3.63) is 24.3 Å². The second-order valence-electron chi connectivity index (χ2n) is 4.40. The van der Waals surface area contributed by atoms with Crippen LogP contribution in [0.1, 0.15) is 26.7 Å². The minimum absolute atomic E-state index is 0.114. The van der Waals surface area contributed by atoms with Crippen molar-refractivity contribution in [2.45, 2.75) is 37.1 Å². The molecule has 1 nitrogen and oxygen atoms in total. The first-order valence-corrected chi connectivity index (χ1v) is 6.67. The maximum Gasteiger partial charge on any atom is 0.446 e. The Morgan fingerprint density at radius 3 is 2.28 bits per heavy atom. The highest BCUT2D eigenvalue weighted by Crippen LogP contribution is 2.37. The highest BCUT2D eigenvalue weighted by molar-refractivity contribution is 8.00. The molecule has 0 amide bonds. The summed E-state index contributed by atoms with van der Waals surface area (Å²) < 4.78 is 41.7. The van der Waals surface area contributed by atoms with Crippen LogP contribution in [-0.2, 0) is 0 Å². The van der Waals surface area contributed by atoms with Gasteiger partial charge in [-0.25, -0.2) is 0 Å². The molecule has 0 radical (unpaired) electrons. The highest BCUT2D eigenvalue weighted by Gasteiger charge is 2.28. The summed E-state index contributed by atoms with van der Waals surface area (Å²) in [6.45, 7) is 4.89. The Bertz CT molecular complexity index is 346. The van der Waals surface area contributed by atoms with Crippen LogP contribution in [0, 0.1) is 5.92 Å². The van der Waals surface area contributed by atoms with Gasteiger partial charge in [0.15, 0.2) is 0 Å². The summed E-state index contributed by atoms with van der Waals surface area (Å²) >= 11 is -0.114. The van der Waals surface area contributed by atoms with Crippen molar-refractivity contribution in [3.8, 4) is 5.75 Å². The molecule has 1 aromatic rings. The number of thioether (sulfide) groups is 1. The first kappa shape index (κ1) is 15.2. The van der Waals surface area contributed by atoms with Crippen molar-refractivity contribution in [1.82, 2.24) is 0 Å². The summed E-state index contributed by atoms with van der Waals surface area (Å²) in [4.78, 5) is 0.178. The molecule has 0 aliphatic carbocycles. The largest absolute Gasteiger partial charge is 0.494 e. The van der Waals surface area contributed by atoms with Crippen LogP contribution in [0.25, 0.3) is 0 Å². The highest BCUT2D eigenvalue weighted by atomic mass is 32.2. The normalized spacial score (nSPS) is 11.9. The lowest BCUT2D eigenvalue weighted by atomic mass is 10.1. The molecular formula is C13H17F3OS. The molecule has 102 valence electrons. The first-order valence-electron chi connectivity index (χ1n) is 5.85. The van der Waals surface area contributed by atoms with Crippen LogP contribution in [-0.4, -0.2) is 12.1 Å². The number of rotatable bonds is 6. The van der Waals surface area contributed by atoms with Gasteiger partial charge >= 0.3 is 5.51 Å². The number of ether oxygens (including phenoxy) is 1. The Morgan fingerprint density at radius 2 is 1.78 bits per heavy atom. The molecule has 0 atom stereocenters. The van der Waals surface area contributed by atoms with E-state index in [-0.39, 0.29) is 16.7 Å². The van der Waals surface area contributed by atoms with Gasteiger partial charge in [0, 0.05) is 4.90 Å². The van der Waals surface area contributed by atoms with Crippen LogP contribution in [0.3, 0.4) is 0 Å². The van der Waals surface area contributed by atoms with Crippen molar-refractivity contribution in [3.63, 3.8) is 0 Å². The number of benzene rings is 1. The molecule has 0 N–H and O–H groups in total. The Hall–Kier alpha value is -0.840. The number of hydrogen-bond acceptors (Lipinski definition) is 2. The standard InChI is InChI=1S/C13H17F3OS/c1-10(2)4-3-9-17-11-5-7-12(8-6-11)18-13(14,15)16/h5-8,10H,3-4,9H2,1-2H3. The van der Waals surface area contributed by atoms with Gasteiger partial charge in [-0.3, -0.25) is 0 Å². The van der Waals surface area contributed by atoms with Crippen LogP contribution < -0.4 is 4.74 Å². The third-order valence-electron chi connectivity index (χ3n) is 2.25. The van der Waals surface area contributed by atoms with E-state index < -0.39 is 5.51 Å². The predicted octanol–water partition coefficient (Wildman–Crippen LogP) is 5.11. The van der Waals surface area contributed by atoms with Crippen molar-refractivity contribution in [2.75, 3.05) is 6.61 Å². The van der Waals surface area contributed by atoms with Crippen LogP contribution in [0.5, 0.6) is 5.75 Å². The molecule has 0 unspecified atom stereocenters. The topological polar surface area (TPSA) is 9.23 Å². The van der Waals surface area contributed by atoms with E-state index >= 15 is 0 Å². The number of halogens is 3. The average molecular weight is 278 g/mol. The maximum absolute atomic E-state index is 12.1. The molecule has 0 heterocycles. The second-order valence-corrected chi connectivity index (χ2v) is 5.54. The Morgan fingerprint density at radius 1 is 1.17 bits per heavy atom. The van der Waals surface area contributed by atoms with E-state index in [2.05, 4.69) is 13.8 Å². The molecule has 0 saturated heterocycles. The Balaban J connectivity index is 2.36. The van der Waals surface area contributed by atoms with E-state index in [9.17, 15) is 13.2 Å². The number of alkyl halides is 3. The predicted molar refractivity (Wildman–Crippen MR) is 67.9 cm³/mol. The van der Waals surface area contributed by atoms with E-state index in [1.54, 1.807) is 12.1 Å². The molecule has 0 aromatic heterocycles. The van der Waals surface area contributed by atoms with Crippen molar-refractivity contribution in [1.29, 1.82) is 0 Å². The van der Waals surface area contributed by atoms with E-state index in [1.165, 1.54) is 12.1 Å². The minimum Gasteiger partial charge on any atom is -0.494 e. The quantitative estimate of drug-likeness (QED) is 0.528. The molecule has 1 aromatic carbocycles.